The molecule has 0 spiro atoms. The molecule has 3 heteroatoms. The smallest absolute Gasteiger partial charge is 0.246 e. The first-order chi connectivity index (χ1) is 8.66. The summed E-state index contributed by atoms with van der Waals surface area (Å²) in [4.78, 5) is 15.1. The number of rotatable bonds is 3. The van der Waals surface area contributed by atoms with Crippen molar-refractivity contribution >= 4 is 23.3 Å². The lowest BCUT2D eigenvalue weighted by atomic mass is 9.87. The van der Waals surface area contributed by atoms with E-state index in [2.05, 4.69) is 6.92 Å². The highest BCUT2D eigenvalue weighted by Crippen LogP contribution is 2.26. The predicted molar refractivity (Wildman–Crippen MR) is 77.5 cm³/mol. The molecule has 0 bridgehead atoms. The quantitative estimate of drug-likeness (QED) is 0.760. The van der Waals surface area contributed by atoms with Crippen LogP contribution in [0.4, 0.5) is 0 Å². The third kappa shape index (κ3) is 3.45. The van der Waals surface area contributed by atoms with E-state index in [1.54, 1.807) is 17.4 Å². The molecule has 2 rings (SSSR count). The minimum Gasteiger partial charge on any atom is -0.339 e. The van der Waals surface area contributed by atoms with Crippen LogP contribution in [0.25, 0.3) is 6.08 Å². The summed E-state index contributed by atoms with van der Waals surface area (Å²) >= 11 is 1.65. The van der Waals surface area contributed by atoms with Gasteiger partial charge in [0, 0.05) is 24.0 Å². The Morgan fingerprint density at radius 1 is 1.39 bits per heavy atom. The summed E-state index contributed by atoms with van der Waals surface area (Å²) in [7, 11) is 1.93. The molecule has 1 aromatic rings. The van der Waals surface area contributed by atoms with E-state index in [1.165, 1.54) is 12.8 Å². The van der Waals surface area contributed by atoms with Gasteiger partial charge in [-0.1, -0.05) is 13.0 Å². The third-order valence-corrected chi connectivity index (χ3v) is 4.65. The van der Waals surface area contributed by atoms with E-state index in [1.807, 2.05) is 35.5 Å². The molecule has 1 amide bonds. The first kappa shape index (κ1) is 13.3. The molecule has 0 aromatic carbocycles. The van der Waals surface area contributed by atoms with Crippen molar-refractivity contribution in [3.05, 3.63) is 28.5 Å². The summed E-state index contributed by atoms with van der Waals surface area (Å²) in [6, 6.07) is 4.46. The average Bonchev–Trinajstić information content (AvgIpc) is 2.89. The van der Waals surface area contributed by atoms with Crippen molar-refractivity contribution in [3.63, 3.8) is 0 Å². The Morgan fingerprint density at radius 2 is 2.11 bits per heavy atom. The molecule has 18 heavy (non-hydrogen) atoms. The lowest BCUT2D eigenvalue weighted by molar-refractivity contribution is -0.127. The van der Waals surface area contributed by atoms with Crippen LogP contribution in [0.2, 0.25) is 0 Å². The van der Waals surface area contributed by atoms with Crippen LogP contribution >= 0.6 is 11.3 Å². The Labute approximate surface area is 113 Å². The number of hydrogen-bond donors (Lipinski definition) is 0. The van der Waals surface area contributed by atoms with Crippen molar-refractivity contribution in [2.75, 3.05) is 7.05 Å². The zero-order valence-corrected chi connectivity index (χ0v) is 12.0. The van der Waals surface area contributed by atoms with E-state index >= 15 is 0 Å². The fourth-order valence-electron chi connectivity index (χ4n) is 2.47. The second-order valence-electron chi connectivity index (χ2n) is 5.21. The molecule has 1 aliphatic carbocycles. The lowest BCUT2D eigenvalue weighted by Crippen LogP contribution is -2.38. The molecule has 1 saturated carbocycles. The SMILES string of the molecule is CC1CCC(N(C)C(=O)/C=C/c2cccs2)CC1. The summed E-state index contributed by atoms with van der Waals surface area (Å²) in [5, 5.41) is 2.02. The molecule has 98 valence electrons. The first-order valence-corrected chi connectivity index (χ1v) is 7.53. The van der Waals surface area contributed by atoms with E-state index in [9.17, 15) is 4.79 Å². The second-order valence-corrected chi connectivity index (χ2v) is 6.19. The summed E-state index contributed by atoms with van der Waals surface area (Å²) < 4.78 is 0. The number of nitrogens with zero attached hydrogens (tertiary/aromatic N) is 1. The normalized spacial score (nSPS) is 24.3. The van der Waals surface area contributed by atoms with Gasteiger partial charge in [-0.05, 0) is 49.1 Å². The number of likely N-dealkylation sites (N-methyl/N-ethyl adjacent to an activating group) is 1. The van der Waals surface area contributed by atoms with Gasteiger partial charge in [-0.2, -0.15) is 0 Å². The van der Waals surface area contributed by atoms with Gasteiger partial charge in [0.2, 0.25) is 5.91 Å². The number of carbonyl (C=O) groups excluding carboxylic acids is 1. The second kappa shape index (κ2) is 6.19. The Balaban J connectivity index is 1.88. The van der Waals surface area contributed by atoms with Gasteiger partial charge < -0.3 is 4.90 Å². The Morgan fingerprint density at radius 3 is 2.72 bits per heavy atom. The molecule has 1 fully saturated rings. The number of carbonyl (C=O) groups is 1. The average molecular weight is 263 g/mol. The molecule has 0 atom stereocenters. The maximum atomic E-state index is 12.1. The lowest BCUT2D eigenvalue weighted by Gasteiger charge is -2.33. The van der Waals surface area contributed by atoms with Crippen molar-refractivity contribution in [3.8, 4) is 0 Å². The third-order valence-electron chi connectivity index (χ3n) is 3.81. The van der Waals surface area contributed by atoms with Crippen LogP contribution < -0.4 is 0 Å². The van der Waals surface area contributed by atoms with Crippen LogP contribution in [0.15, 0.2) is 23.6 Å². The van der Waals surface area contributed by atoms with Gasteiger partial charge in [0.25, 0.3) is 0 Å². The van der Waals surface area contributed by atoms with E-state index in [0.717, 1.165) is 23.6 Å². The van der Waals surface area contributed by atoms with Crippen molar-refractivity contribution < 1.29 is 4.79 Å². The van der Waals surface area contributed by atoms with Crippen LogP contribution in [-0.4, -0.2) is 23.9 Å². The van der Waals surface area contributed by atoms with Crippen molar-refractivity contribution in [2.24, 2.45) is 5.92 Å². The molecule has 0 N–H and O–H groups in total. The highest BCUT2D eigenvalue weighted by Gasteiger charge is 2.23. The fraction of sp³-hybridized carbons (Fsp3) is 0.533. The highest BCUT2D eigenvalue weighted by atomic mass is 32.1. The molecule has 2 nitrogen and oxygen atoms in total. The molecule has 1 aromatic heterocycles. The predicted octanol–water partition coefficient (Wildman–Crippen LogP) is 3.80. The zero-order valence-electron chi connectivity index (χ0n) is 11.1. The standard InChI is InChI=1S/C15H21NOS/c1-12-5-7-13(8-6-12)16(2)15(17)10-9-14-4-3-11-18-14/h3-4,9-13H,5-8H2,1-2H3/b10-9+. The number of thiophene rings is 1. The van der Waals surface area contributed by atoms with Crippen molar-refractivity contribution in [1.82, 2.24) is 4.90 Å². The summed E-state index contributed by atoms with van der Waals surface area (Å²) in [6.07, 6.45) is 8.40. The van der Waals surface area contributed by atoms with Crippen LogP contribution in [0.1, 0.15) is 37.5 Å². The number of amides is 1. The molecular formula is C15H21NOS. The van der Waals surface area contributed by atoms with E-state index < -0.39 is 0 Å². The highest BCUT2D eigenvalue weighted by molar-refractivity contribution is 7.10. The van der Waals surface area contributed by atoms with Crippen molar-refractivity contribution in [2.45, 2.75) is 38.6 Å². The van der Waals surface area contributed by atoms with Gasteiger partial charge in [-0.15, -0.1) is 11.3 Å². The van der Waals surface area contributed by atoms with Gasteiger partial charge in [-0.3, -0.25) is 4.79 Å². The molecule has 0 saturated heterocycles. The fourth-order valence-corrected chi connectivity index (χ4v) is 3.08. The van der Waals surface area contributed by atoms with Gasteiger partial charge in [0.1, 0.15) is 0 Å². The number of hydrogen-bond acceptors (Lipinski definition) is 2. The first-order valence-electron chi connectivity index (χ1n) is 6.65. The van der Waals surface area contributed by atoms with Crippen molar-refractivity contribution in [1.29, 1.82) is 0 Å². The van der Waals surface area contributed by atoms with Crippen LogP contribution in [0.3, 0.4) is 0 Å². The monoisotopic (exact) mass is 263 g/mol. The minimum atomic E-state index is 0.128. The zero-order chi connectivity index (χ0) is 13.0. The maximum absolute atomic E-state index is 12.1. The molecule has 1 heterocycles. The van der Waals surface area contributed by atoms with Crippen LogP contribution in [0, 0.1) is 5.92 Å². The molecule has 0 aliphatic heterocycles. The summed E-state index contributed by atoms with van der Waals surface area (Å²) in [6.45, 7) is 2.30. The minimum absolute atomic E-state index is 0.128. The maximum Gasteiger partial charge on any atom is 0.246 e. The van der Waals surface area contributed by atoms with E-state index in [0.29, 0.717) is 6.04 Å². The Hall–Kier alpha value is -1.09. The molecule has 0 radical (unpaired) electrons. The van der Waals surface area contributed by atoms with Crippen LogP contribution in [0.5, 0.6) is 0 Å². The van der Waals surface area contributed by atoms with Gasteiger partial charge >= 0.3 is 0 Å². The summed E-state index contributed by atoms with van der Waals surface area (Å²) in [5.74, 6) is 0.953. The van der Waals surface area contributed by atoms with Gasteiger partial charge in [0.05, 0.1) is 0 Å². The molecule has 0 unspecified atom stereocenters. The Kier molecular flexibility index (Phi) is 4.59. The van der Waals surface area contributed by atoms with Crippen LogP contribution in [-0.2, 0) is 4.79 Å². The summed E-state index contributed by atoms with van der Waals surface area (Å²) in [5.41, 5.74) is 0. The molecule has 1 aliphatic rings. The van der Waals surface area contributed by atoms with Gasteiger partial charge in [0.15, 0.2) is 0 Å². The van der Waals surface area contributed by atoms with Gasteiger partial charge in [-0.25, -0.2) is 0 Å². The molecular weight excluding hydrogens is 242 g/mol. The topological polar surface area (TPSA) is 20.3 Å². The Bertz CT molecular complexity index is 402. The van der Waals surface area contributed by atoms with E-state index in [-0.39, 0.29) is 5.91 Å². The largest absolute Gasteiger partial charge is 0.339 e. The van der Waals surface area contributed by atoms with E-state index in [4.69, 9.17) is 0 Å².